The topological polar surface area (TPSA) is 69.4 Å². The molecule has 0 saturated heterocycles. The van der Waals surface area contributed by atoms with Crippen LogP contribution in [0, 0.1) is 5.82 Å². The molecule has 2 N–H and O–H groups in total. The lowest BCUT2D eigenvalue weighted by Crippen LogP contribution is -2.38. The van der Waals surface area contributed by atoms with Crippen LogP contribution >= 0.6 is 0 Å². The molecule has 2 aliphatic rings. The number of sulfonamides is 1. The first-order valence-electron chi connectivity index (χ1n) is 5.89. The van der Waals surface area contributed by atoms with Crippen LogP contribution in [0.2, 0.25) is 0 Å². The molecular formula is C12H14FNO3S. The molecule has 18 heavy (non-hydrogen) atoms. The first kappa shape index (κ1) is 11.9. The van der Waals surface area contributed by atoms with Crippen molar-refractivity contribution in [1.29, 1.82) is 0 Å². The molecule has 1 atom stereocenters. The van der Waals surface area contributed by atoms with Crippen molar-refractivity contribution in [1.82, 2.24) is 0 Å². The van der Waals surface area contributed by atoms with Crippen LogP contribution in [0.3, 0.4) is 0 Å². The maximum absolute atomic E-state index is 13.1. The number of rotatable bonds is 2. The van der Waals surface area contributed by atoms with E-state index in [1.165, 1.54) is 12.1 Å². The minimum absolute atomic E-state index is 0.183. The number of halogens is 1. The van der Waals surface area contributed by atoms with E-state index in [0.717, 1.165) is 5.56 Å². The normalized spacial score (nSPS) is 25.1. The highest BCUT2D eigenvalue weighted by molar-refractivity contribution is 7.90. The van der Waals surface area contributed by atoms with Crippen LogP contribution in [0.1, 0.15) is 30.7 Å². The molecule has 0 aromatic heterocycles. The SMILES string of the molecule is NS(=O)(=O)C1([C@H]2CCOc3cc(F)ccc32)CC1. The molecule has 0 unspecified atom stereocenters. The van der Waals surface area contributed by atoms with E-state index >= 15 is 0 Å². The van der Waals surface area contributed by atoms with E-state index in [0.29, 0.717) is 31.6 Å². The molecule has 1 heterocycles. The molecule has 1 aliphatic heterocycles. The highest BCUT2D eigenvalue weighted by Gasteiger charge is 2.59. The first-order valence-corrected chi connectivity index (χ1v) is 7.43. The number of nitrogens with two attached hydrogens (primary N) is 1. The smallest absolute Gasteiger partial charge is 0.215 e. The van der Waals surface area contributed by atoms with Crippen LogP contribution in [0.15, 0.2) is 18.2 Å². The van der Waals surface area contributed by atoms with Gasteiger partial charge in [0.05, 0.1) is 11.4 Å². The van der Waals surface area contributed by atoms with Crippen molar-refractivity contribution < 1.29 is 17.5 Å². The Balaban J connectivity index is 2.08. The average Bonchev–Trinajstić information content (AvgIpc) is 3.08. The van der Waals surface area contributed by atoms with Gasteiger partial charge in [-0.2, -0.15) is 0 Å². The summed E-state index contributed by atoms with van der Waals surface area (Å²) in [5.41, 5.74) is 0.758. The summed E-state index contributed by atoms with van der Waals surface area (Å²) in [4.78, 5) is 0. The Kier molecular flexibility index (Phi) is 2.44. The molecule has 98 valence electrons. The van der Waals surface area contributed by atoms with E-state index in [2.05, 4.69) is 0 Å². The second-order valence-electron chi connectivity index (χ2n) is 4.98. The molecule has 1 saturated carbocycles. The van der Waals surface area contributed by atoms with Gasteiger partial charge in [0.2, 0.25) is 10.0 Å². The zero-order valence-electron chi connectivity index (χ0n) is 9.73. The van der Waals surface area contributed by atoms with E-state index in [4.69, 9.17) is 9.88 Å². The van der Waals surface area contributed by atoms with Crippen LogP contribution in [-0.4, -0.2) is 19.8 Å². The van der Waals surface area contributed by atoms with Gasteiger partial charge in [-0.25, -0.2) is 17.9 Å². The summed E-state index contributed by atoms with van der Waals surface area (Å²) in [6, 6.07) is 4.25. The molecule has 3 rings (SSSR count). The van der Waals surface area contributed by atoms with Gasteiger partial charge in [0.25, 0.3) is 0 Å². The van der Waals surface area contributed by atoms with E-state index < -0.39 is 14.8 Å². The van der Waals surface area contributed by atoms with Gasteiger partial charge in [0.1, 0.15) is 11.6 Å². The number of hydrogen-bond donors (Lipinski definition) is 1. The van der Waals surface area contributed by atoms with Crippen molar-refractivity contribution >= 4 is 10.0 Å². The quantitative estimate of drug-likeness (QED) is 0.886. The number of hydrogen-bond acceptors (Lipinski definition) is 3. The predicted octanol–water partition coefficient (Wildman–Crippen LogP) is 1.51. The largest absolute Gasteiger partial charge is 0.493 e. The van der Waals surface area contributed by atoms with Crippen molar-refractivity contribution in [2.45, 2.75) is 29.9 Å². The van der Waals surface area contributed by atoms with Gasteiger partial charge in [-0.3, -0.25) is 0 Å². The summed E-state index contributed by atoms with van der Waals surface area (Å²) in [6.45, 7) is 0.401. The number of ether oxygens (including phenoxy) is 1. The molecule has 0 bridgehead atoms. The maximum atomic E-state index is 13.1. The van der Waals surface area contributed by atoms with Crippen molar-refractivity contribution in [3.05, 3.63) is 29.6 Å². The summed E-state index contributed by atoms with van der Waals surface area (Å²) in [5.74, 6) is -0.118. The third-order valence-electron chi connectivity index (χ3n) is 3.96. The van der Waals surface area contributed by atoms with Gasteiger partial charge in [-0.1, -0.05) is 6.07 Å². The first-order chi connectivity index (χ1) is 8.44. The summed E-state index contributed by atoms with van der Waals surface area (Å²) in [6.07, 6.45) is 1.76. The fourth-order valence-corrected chi connectivity index (χ4v) is 4.18. The van der Waals surface area contributed by atoms with Gasteiger partial charge in [0.15, 0.2) is 0 Å². The summed E-state index contributed by atoms with van der Waals surface area (Å²) < 4.78 is 41.2. The fraction of sp³-hybridized carbons (Fsp3) is 0.500. The molecule has 0 spiro atoms. The average molecular weight is 271 g/mol. The molecule has 6 heteroatoms. The van der Waals surface area contributed by atoms with E-state index in [-0.39, 0.29) is 11.7 Å². The third kappa shape index (κ3) is 1.63. The van der Waals surface area contributed by atoms with Crippen molar-refractivity contribution in [3.63, 3.8) is 0 Å². The second kappa shape index (κ2) is 3.68. The Morgan fingerprint density at radius 3 is 2.72 bits per heavy atom. The second-order valence-corrected chi connectivity index (χ2v) is 6.88. The number of benzene rings is 1. The van der Waals surface area contributed by atoms with E-state index in [1.54, 1.807) is 6.07 Å². The Bertz CT molecular complexity index is 595. The lowest BCUT2D eigenvalue weighted by Gasteiger charge is -2.31. The molecule has 0 amide bonds. The highest BCUT2D eigenvalue weighted by atomic mass is 32.2. The van der Waals surface area contributed by atoms with Crippen LogP contribution in [0.4, 0.5) is 4.39 Å². The molecule has 1 fully saturated rings. The molecule has 4 nitrogen and oxygen atoms in total. The van der Waals surface area contributed by atoms with Crippen LogP contribution in [0.5, 0.6) is 5.75 Å². The lowest BCUT2D eigenvalue weighted by atomic mass is 9.88. The summed E-state index contributed by atoms with van der Waals surface area (Å²) in [5, 5.41) is 5.35. The minimum atomic E-state index is -3.59. The fourth-order valence-electron chi connectivity index (χ4n) is 2.86. The van der Waals surface area contributed by atoms with Gasteiger partial charge in [-0.05, 0) is 30.9 Å². The molecule has 1 aromatic carbocycles. The minimum Gasteiger partial charge on any atom is -0.493 e. The zero-order valence-corrected chi connectivity index (χ0v) is 10.5. The van der Waals surface area contributed by atoms with Gasteiger partial charge in [-0.15, -0.1) is 0 Å². The van der Waals surface area contributed by atoms with Gasteiger partial charge < -0.3 is 4.74 Å². The monoisotopic (exact) mass is 271 g/mol. The zero-order chi connectivity index (χ0) is 13.0. The lowest BCUT2D eigenvalue weighted by molar-refractivity contribution is 0.260. The number of primary sulfonamides is 1. The highest BCUT2D eigenvalue weighted by Crippen LogP contribution is 2.56. The summed E-state index contributed by atoms with van der Waals surface area (Å²) >= 11 is 0. The summed E-state index contributed by atoms with van der Waals surface area (Å²) in [7, 11) is -3.59. The Hall–Kier alpha value is -1.14. The van der Waals surface area contributed by atoms with Crippen molar-refractivity contribution in [2.24, 2.45) is 5.14 Å². The molecule has 1 aromatic rings. The standard InChI is InChI=1S/C12H14FNO3S/c13-8-1-2-9-10(3-6-17-11(9)7-8)12(4-5-12)18(14,15)16/h1-2,7,10H,3-6H2,(H2,14,15,16)/t10-/m0/s1. The Morgan fingerprint density at radius 2 is 2.11 bits per heavy atom. The predicted molar refractivity (Wildman–Crippen MR) is 64.3 cm³/mol. The van der Waals surface area contributed by atoms with E-state index in [9.17, 15) is 12.8 Å². The maximum Gasteiger partial charge on any atom is 0.215 e. The van der Waals surface area contributed by atoms with Crippen LogP contribution in [0.25, 0.3) is 0 Å². The van der Waals surface area contributed by atoms with Crippen LogP contribution in [-0.2, 0) is 10.0 Å². The van der Waals surface area contributed by atoms with E-state index in [1.807, 2.05) is 0 Å². The van der Waals surface area contributed by atoms with Crippen molar-refractivity contribution in [3.8, 4) is 5.75 Å². The molecular weight excluding hydrogens is 257 g/mol. The molecule has 0 radical (unpaired) electrons. The third-order valence-corrected chi connectivity index (χ3v) is 5.79. The Labute approximate surface area is 105 Å². The van der Waals surface area contributed by atoms with Gasteiger partial charge >= 0.3 is 0 Å². The molecule has 1 aliphatic carbocycles. The van der Waals surface area contributed by atoms with Gasteiger partial charge in [0, 0.05) is 12.0 Å². The van der Waals surface area contributed by atoms with Crippen molar-refractivity contribution in [2.75, 3.05) is 6.61 Å². The van der Waals surface area contributed by atoms with Crippen LogP contribution < -0.4 is 9.88 Å². The number of fused-ring (bicyclic) bond motifs is 1. The Morgan fingerprint density at radius 1 is 1.39 bits per heavy atom.